The molecule has 0 atom stereocenters. The largest absolute Gasteiger partial charge is 0.424 e. The van der Waals surface area contributed by atoms with Gasteiger partial charge in [0, 0.05) is 6.54 Å². The predicted octanol–water partition coefficient (Wildman–Crippen LogP) is 3.08. The van der Waals surface area contributed by atoms with E-state index in [9.17, 15) is 0 Å². The third-order valence-corrected chi connectivity index (χ3v) is 3.57. The van der Waals surface area contributed by atoms with E-state index >= 15 is 0 Å². The van der Waals surface area contributed by atoms with Crippen LogP contribution in [-0.2, 0) is 13.1 Å². The lowest BCUT2D eigenvalue weighted by Gasteiger charge is -2.05. The first-order valence-electron chi connectivity index (χ1n) is 7.36. The van der Waals surface area contributed by atoms with Gasteiger partial charge in [-0.3, -0.25) is 0 Å². The van der Waals surface area contributed by atoms with E-state index in [4.69, 9.17) is 4.42 Å². The maximum absolute atomic E-state index is 5.64. The summed E-state index contributed by atoms with van der Waals surface area (Å²) in [5.74, 6) is 0. The highest BCUT2D eigenvalue weighted by Crippen LogP contribution is 2.18. The van der Waals surface area contributed by atoms with Gasteiger partial charge < -0.3 is 9.73 Å². The SMILES string of the molecule is c1ccc2oc(NCc3ccc(Cn4cncn4)cc3)nc2c1. The number of oxazole rings is 1. The molecule has 0 aliphatic carbocycles. The molecule has 0 aliphatic rings. The molecule has 0 bridgehead atoms. The topological polar surface area (TPSA) is 68.8 Å². The Labute approximate surface area is 132 Å². The molecule has 0 fully saturated rings. The van der Waals surface area contributed by atoms with Crippen molar-refractivity contribution >= 4 is 17.1 Å². The van der Waals surface area contributed by atoms with E-state index in [0.717, 1.165) is 23.2 Å². The zero-order chi connectivity index (χ0) is 15.5. The highest BCUT2D eigenvalue weighted by Gasteiger charge is 2.04. The molecule has 0 aliphatic heterocycles. The Morgan fingerprint density at radius 3 is 2.61 bits per heavy atom. The maximum Gasteiger partial charge on any atom is 0.295 e. The normalized spacial score (nSPS) is 11.0. The van der Waals surface area contributed by atoms with Crippen LogP contribution in [0.4, 0.5) is 6.01 Å². The first-order chi connectivity index (χ1) is 11.4. The van der Waals surface area contributed by atoms with E-state index in [2.05, 4.69) is 44.6 Å². The first-order valence-corrected chi connectivity index (χ1v) is 7.36. The number of nitrogens with zero attached hydrogens (tertiary/aromatic N) is 4. The summed E-state index contributed by atoms with van der Waals surface area (Å²) in [6.07, 6.45) is 3.25. The minimum Gasteiger partial charge on any atom is -0.424 e. The molecule has 23 heavy (non-hydrogen) atoms. The smallest absolute Gasteiger partial charge is 0.295 e. The van der Waals surface area contributed by atoms with Gasteiger partial charge in [-0.1, -0.05) is 36.4 Å². The summed E-state index contributed by atoms with van der Waals surface area (Å²) in [6, 6.07) is 16.6. The number of aromatic nitrogens is 4. The van der Waals surface area contributed by atoms with Crippen molar-refractivity contribution in [3.8, 4) is 0 Å². The molecule has 0 saturated carbocycles. The van der Waals surface area contributed by atoms with Crippen molar-refractivity contribution in [3.05, 3.63) is 72.3 Å². The van der Waals surface area contributed by atoms with Crippen LogP contribution in [0.1, 0.15) is 11.1 Å². The molecule has 2 heterocycles. The minimum atomic E-state index is 0.540. The number of rotatable bonds is 5. The molecule has 0 radical (unpaired) electrons. The molecule has 4 aromatic rings. The van der Waals surface area contributed by atoms with Crippen LogP contribution >= 0.6 is 0 Å². The number of nitrogens with one attached hydrogen (secondary N) is 1. The Kier molecular flexibility index (Phi) is 3.48. The second kappa shape index (κ2) is 5.92. The Morgan fingerprint density at radius 2 is 1.83 bits per heavy atom. The molecule has 2 aromatic carbocycles. The molecule has 0 amide bonds. The molecule has 114 valence electrons. The van der Waals surface area contributed by atoms with Crippen molar-refractivity contribution in [2.24, 2.45) is 0 Å². The number of para-hydroxylation sites is 2. The average Bonchev–Trinajstić information content (AvgIpc) is 3.23. The number of fused-ring (bicyclic) bond motifs is 1. The molecule has 2 aromatic heterocycles. The summed E-state index contributed by atoms with van der Waals surface area (Å²) in [7, 11) is 0. The van der Waals surface area contributed by atoms with Crippen LogP contribution in [0.15, 0.2) is 65.6 Å². The van der Waals surface area contributed by atoms with E-state index in [0.29, 0.717) is 12.6 Å². The third-order valence-electron chi connectivity index (χ3n) is 3.57. The molecular formula is C17H15N5O. The van der Waals surface area contributed by atoms with Crippen molar-refractivity contribution < 1.29 is 4.42 Å². The van der Waals surface area contributed by atoms with Gasteiger partial charge in [0.15, 0.2) is 5.58 Å². The maximum atomic E-state index is 5.64. The zero-order valence-corrected chi connectivity index (χ0v) is 12.4. The summed E-state index contributed by atoms with van der Waals surface area (Å²) in [6.45, 7) is 1.38. The summed E-state index contributed by atoms with van der Waals surface area (Å²) < 4.78 is 7.44. The lowest BCUT2D eigenvalue weighted by Crippen LogP contribution is -2.02. The Hall–Kier alpha value is -3.15. The second-order valence-corrected chi connectivity index (χ2v) is 5.25. The van der Waals surface area contributed by atoms with E-state index in [1.807, 2.05) is 24.3 Å². The van der Waals surface area contributed by atoms with Crippen molar-refractivity contribution in [2.75, 3.05) is 5.32 Å². The predicted molar refractivity (Wildman–Crippen MR) is 86.9 cm³/mol. The molecule has 0 saturated heterocycles. The van der Waals surface area contributed by atoms with Crippen molar-refractivity contribution in [3.63, 3.8) is 0 Å². The van der Waals surface area contributed by atoms with E-state index in [-0.39, 0.29) is 0 Å². The second-order valence-electron chi connectivity index (χ2n) is 5.25. The van der Waals surface area contributed by atoms with Crippen molar-refractivity contribution in [2.45, 2.75) is 13.1 Å². The van der Waals surface area contributed by atoms with Crippen molar-refractivity contribution in [1.29, 1.82) is 0 Å². The van der Waals surface area contributed by atoms with Gasteiger partial charge in [-0.2, -0.15) is 10.1 Å². The van der Waals surface area contributed by atoms with Crippen molar-refractivity contribution in [1.82, 2.24) is 19.7 Å². The molecule has 0 spiro atoms. The first kappa shape index (κ1) is 13.5. The highest BCUT2D eigenvalue weighted by atomic mass is 16.4. The standard InChI is InChI=1S/C17H15N5O/c1-2-4-16-15(3-1)21-17(23-16)19-9-13-5-7-14(8-6-13)10-22-12-18-11-20-22/h1-8,11-12H,9-10H2,(H,19,21). The Morgan fingerprint density at radius 1 is 1.00 bits per heavy atom. The van der Waals surface area contributed by atoms with E-state index < -0.39 is 0 Å². The van der Waals surface area contributed by atoms with Crippen LogP contribution < -0.4 is 5.32 Å². The van der Waals surface area contributed by atoms with E-state index in [1.54, 1.807) is 17.3 Å². The summed E-state index contributed by atoms with van der Waals surface area (Å²) in [5, 5.41) is 7.31. The van der Waals surface area contributed by atoms with Gasteiger partial charge >= 0.3 is 0 Å². The molecular weight excluding hydrogens is 290 g/mol. The van der Waals surface area contributed by atoms with Crippen LogP contribution in [0.5, 0.6) is 0 Å². The van der Waals surface area contributed by atoms with Crippen LogP contribution in [0.25, 0.3) is 11.1 Å². The fourth-order valence-corrected chi connectivity index (χ4v) is 2.39. The molecule has 6 heteroatoms. The van der Waals surface area contributed by atoms with Gasteiger partial charge in [0.05, 0.1) is 6.54 Å². The fraction of sp³-hybridized carbons (Fsp3) is 0.118. The van der Waals surface area contributed by atoms with Gasteiger partial charge in [0.1, 0.15) is 18.2 Å². The lowest BCUT2D eigenvalue weighted by molar-refractivity contribution is 0.614. The van der Waals surface area contributed by atoms with Gasteiger partial charge in [-0.05, 0) is 23.3 Å². The summed E-state index contributed by atoms with van der Waals surface area (Å²) >= 11 is 0. The average molecular weight is 305 g/mol. The third kappa shape index (κ3) is 3.06. The van der Waals surface area contributed by atoms with E-state index in [1.165, 1.54) is 5.56 Å². The quantitative estimate of drug-likeness (QED) is 0.613. The van der Waals surface area contributed by atoms with Crippen LogP contribution in [0.3, 0.4) is 0 Å². The summed E-state index contributed by atoms with van der Waals surface area (Å²) in [5.41, 5.74) is 3.99. The number of anilines is 1. The van der Waals surface area contributed by atoms with Crippen LogP contribution in [0, 0.1) is 0 Å². The number of benzene rings is 2. The Bertz CT molecular complexity index is 863. The molecule has 1 N–H and O–H groups in total. The van der Waals surface area contributed by atoms with Gasteiger partial charge in [-0.25, -0.2) is 9.67 Å². The van der Waals surface area contributed by atoms with Crippen LogP contribution in [0.2, 0.25) is 0 Å². The van der Waals surface area contributed by atoms with Gasteiger partial charge in [0.25, 0.3) is 6.01 Å². The Balaban J connectivity index is 1.40. The monoisotopic (exact) mass is 305 g/mol. The highest BCUT2D eigenvalue weighted by molar-refractivity contribution is 5.74. The van der Waals surface area contributed by atoms with Gasteiger partial charge in [0.2, 0.25) is 0 Å². The van der Waals surface area contributed by atoms with Gasteiger partial charge in [-0.15, -0.1) is 0 Å². The minimum absolute atomic E-state index is 0.540. The van der Waals surface area contributed by atoms with Crippen LogP contribution in [-0.4, -0.2) is 19.7 Å². The molecule has 4 rings (SSSR count). The zero-order valence-electron chi connectivity index (χ0n) is 12.4. The summed E-state index contributed by atoms with van der Waals surface area (Å²) in [4.78, 5) is 8.34. The number of hydrogen-bond donors (Lipinski definition) is 1. The number of hydrogen-bond acceptors (Lipinski definition) is 5. The lowest BCUT2D eigenvalue weighted by atomic mass is 10.1. The molecule has 0 unspecified atom stereocenters. The fourth-order valence-electron chi connectivity index (χ4n) is 2.39. The molecule has 6 nitrogen and oxygen atoms in total.